The number of likely N-dealkylation sites (tertiary alicyclic amines) is 1. The Hall–Kier alpha value is -0.900. The van der Waals surface area contributed by atoms with E-state index in [-0.39, 0.29) is 11.1 Å². The molecule has 0 spiro atoms. The van der Waals surface area contributed by atoms with Gasteiger partial charge in [-0.1, -0.05) is 17.7 Å². The molecule has 0 radical (unpaired) electrons. The number of nitrogens with one attached hydrogen (secondary N) is 2. The van der Waals surface area contributed by atoms with Gasteiger partial charge >= 0.3 is 0 Å². The highest BCUT2D eigenvalue weighted by molar-refractivity contribution is 7.81. The molecule has 2 unspecified atom stereocenters. The van der Waals surface area contributed by atoms with Crippen molar-refractivity contribution in [2.45, 2.75) is 38.1 Å². The second-order valence-corrected chi connectivity index (χ2v) is 9.29. The van der Waals surface area contributed by atoms with Crippen molar-refractivity contribution >= 4 is 34.1 Å². The Balaban J connectivity index is 1.47. The predicted octanol–water partition coefficient (Wildman–Crippen LogP) is 3.85. The first-order chi connectivity index (χ1) is 13.6. The van der Waals surface area contributed by atoms with Crippen LogP contribution in [0.3, 0.4) is 0 Å². The van der Waals surface area contributed by atoms with Crippen LogP contribution in [0.4, 0.5) is 4.39 Å². The van der Waals surface area contributed by atoms with E-state index in [2.05, 4.69) is 19.3 Å². The van der Waals surface area contributed by atoms with E-state index in [1.807, 2.05) is 5.38 Å². The fourth-order valence-corrected chi connectivity index (χ4v) is 5.19. The first kappa shape index (κ1) is 21.8. The number of thiazole rings is 1. The van der Waals surface area contributed by atoms with E-state index >= 15 is 0 Å². The molecule has 154 valence electrons. The maximum Gasteiger partial charge on any atom is 0.167 e. The van der Waals surface area contributed by atoms with Gasteiger partial charge in [0.25, 0.3) is 0 Å². The van der Waals surface area contributed by atoms with Gasteiger partial charge in [0.15, 0.2) is 11.2 Å². The van der Waals surface area contributed by atoms with Gasteiger partial charge in [0.05, 0.1) is 11.1 Å². The van der Waals surface area contributed by atoms with Crippen molar-refractivity contribution < 1.29 is 8.60 Å². The quantitative estimate of drug-likeness (QED) is 0.517. The fourth-order valence-electron chi connectivity index (χ4n) is 3.29. The van der Waals surface area contributed by atoms with Gasteiger partial charge in [-0.15, -0.1) is 11.3 Å². The maximum atomic E-state index is 13.3. The van der Waals surface area contributed by atoms with Crippen LogP contribution >= 0.6 is 22.9 Å². The van der Waals surface area contributed by atoms with Crippen LogP contribution in [0.1, 0.15) is 42.3 Å². The lowest BCUT2D eigenvalue weighted by Gasteiger charge is -2.17. The number of benzene rings is 1. The van der Waals surface area contributed by atoms with Crippen LogP contribution < -0.4 is 9.44 Å². The Kier molecular flexibility index (Phi) is 8.82. The minimum absolute atomic E-state index is 0.125. The molecule has 2 N–H and O–H groups in total. The lowest BCUT2D eigenvalue weighted by Crippen LogP contribution is -2.35. The Labute approximate surface area is 177 Å². The predicted molar refractivity (Wildman–Crippen MR) is 114 cm³/mol. The third kappa shape index (κ3) is 6.86. The van der Waals surface area contributed by atoms with Crippen molar-refractivity contribution in [3.8, 4) is 0 Å². The minimum atomic E-state index is -1.34. The zero-order valence-corrected chi connectivity index (χ0v) is 18.1. The van der Waals surface area contributed by atoms with Crippen molar-refractivity contribution in [2.75, 3.05) is 26.2 Å². The maximum absolute atomic E-state index is 13.3. The standard InChI is InChI=1S/C19H26ClFN4OS2/c20-16-14-15(4-6-17(16)21)5-7-18(19-22-9-13-27-19)24-28(26)23-8-3-12-25-10-1-2-11-25/h4,6,9,13-14,18,23-24H,1-3,5,7-8,10-12H2. The van der Waals surface area contributed by atoms with Gasteiger partial charge in [-0.05, 0) is 69.4 Å². The zero-order valence-electron chi connectivity index (χ0n) is 15.7. The lowest BCUT2D eigenvalue weighted by atomic mass is 10.1. The second kappa shape index (κ2) is 11.3. The van der Waals surface area contributed by atoms with Gasteiger partial charge in [0, 0.05) is 18.1 Å². The van der Waals surface area contributed by atoms with Gasteiger partial charge in [0.2, 0.25) is 0 Å². The Bertz CT molecular complexity index is 756. The summed E-state index contributed by atoms with van der Waals surface area (Å²) in [4.78, 5) is 6.81. The average Bonchev–Trinajstić information content (AvgIpc) is 3.39. The monoisotopic (exact) mass is 444 g/mol. The van der Waals surface area contributed by atoms with E-state index in [4.69, 9.17) is 11.6 Å². The zero-order chi connectivity index (χ0) is 19.8. The van der Waals surface area contributed by atoms with Crippen LogP contribution in [0.25, 0.3) is 0 Å². The number of rotatable bonds is 11. The van der Waals surface area contributed by atoms with Crippen LogP contribution in [0.15, 0.2) is 29.8 Å². The van der Waals surface area contributed by atoms with Gasteiger partial charge in [0.1, 0.15) is 10.8 Å². The summed E-state index contributed by atoms with van der Waals surface area (Å²) in [6.07, 6.45) is 6.67. The fraction of sp³-hybridized carbons (Fsp3) is 0.526. The summed E-state index contributed by atoms with van der Waals surface area (Å²) in [5, 5.41) is 2.92. The second-order valence-electron chi connectivity index (χ2n) is 6.89. The number of hydrogen-bond acceptors (Lipinski definition) is 4. The van der Waals surface area contributed by atoms with E-state index in [0.29, 0.717) is 19.4 Å². The summed E-state index contributed by atoms with van der Waals surface area (Å²) in [5.74, 6) is -0.417. The van der Waals surface area contributed by atoms with Crippen LogP contribution in [-0.4, -0.2) is 40.3 Å². The Morgan fingerprint density at radius 1 is 1.36 bits per heavy atom. The van der Waals surface area contributed by atoms with E-state index in [0.717, 1.165) is 23.5 Å². The van der Waals surface area contributed by atoms with Gasteiger partial charge < -0.3 is 4.90 Å². The molecule has 2 aromatic rings. The number of aromatic nitrogens is 1. The van der Waals surface area contributed by atoms with Crippen molar-refractivity contribution in [1.29, 1.82) is 0 Å². The first-order valence-corrected chi connectivity index (χ1v) is 12.0. The highest BCUT2D eigenvalue weighted by Crippen LogP contribution is 2.23. The Morgan fingerprint density at radius 2 is 2.18 bits per heavy atom. The number of nitrogens with zero attached hydrogens (tertiary/aromatic N) is 2. The molecule has 1 aliphatic rings. The van der Waals surface area contributed by atoms with Crippen LogP contribution in [-0.2, 0) is 17.6 Å². The number of halogens is 2. The molecule has 1 aromatic heterocycles. The van der Waals surface area contributed by atoms with Crippen molar-refractivity contribution in [3.05, 3.63) is 51.2 Å². The van der Waals surface area contributed by atoms with Crippen molar-refractivity contribution in [2.24, 2.45) is 0 Å². The largest absolute Gasteiger partial charge is 0.303 e. The molecule has 1 fully saturated rings. The summed E-state index contributed by atoms with van der Waals surface area (Å²) in [6.45, 7) is 4.11. The SMILES string of the molecule is O=S(NCCCN1CCCC1)NC(CCc1ccc(F)c(Cl)c1)c1nccs1. The summed E-state index contributed by atoms with van der Waals surface area (Å²) in [7, 11) is 0. The molecule has 1 saturated heterocycles. The van der Waals surface area contributed by atoms with Gasteiger partial charge in [-0.3, -0.25) is 0 Å². The van der Waals surface area contributed by atoms with E-state index in [1.54, 1.807) is 18.3 Å². The molecule has 28 heavy (non-hydrogen) atoms. The highest BCUT2D eigenvalue weighted by Gasteiger charge is 2.17. The molecule has 2 atom stereocenters. The topological polar surface area (TPSA) is 57.3 Å². The molecule has 9 heteroatoms. The molecule has 0 amide bonds. The summed E-state index contributed by atoms with van der Waals surface area (Å²) >= 11 is 6.06. The average molecular weight is 445 g/mol. The Morgan fingerprint density at radius 3 is 2.89 bits per heavy atom. The molecular weight excluding hydrogens is 419 g/mol. The van der Waals surface area contributed by atoms with E-state index in [1.165, 1.54) is 43.3 Å². The van der Waals surface area contributed by atoms with Crippen LogP contribution in [0.2, 0.25) is 5.02 Å². The van der Waals surface area contributed by atoms with Crippen molar-refractivity contribution in [1.82, 2.24) is 19.3 Å². The smallest absolute Gasteiger partial charge is 0.167 e. The third-order valence-electron chi connectivity index (χ3n) is 4.79. The van der Waals surface area contributed by atoms with E-state index < -0.39 is 17.0 Å². The van der Waals surface area contributed by atoms with E-state index in [9.17, 15) is 8.60 Å². The molecule has 3 rings (SSSR count). The molecule has 5 nitrogen and oxygen atoms in total. The van der Waals surface area contributed by atoms with Gasteiger partial charge in [-0.25, -0.2) is 23.0 Å². The number of hydrogen-bond donors (Lipinski definition) is 2. The molecule has 0 aliphatic carbocycles. The third-order valence-corrected chi connectivity index (χ3v) is 6.93. The molecule has 0 saturated carbocycles. The first-order valence-electron chi connectivity index (χ1n) is 9.59. The molecular formula is C19H26ClFN4OS2. The molecule has 1 aromatic carbocycles. The van der Waals surface area contributed by atoms with Crippen molar-refractivity contribution in [3.63, 3.8) is 0 Å². The van der Waals surface area contributed by atoms with Crippen LogP contribution in [0.5, 0.6) is 0 Å². The normalized spacial score (nSPS) is 17.1. The minimum Gasteiger partial charge on any atom is -0.303 e. The lowest BCUT2D eigenvalue weighted by molar-refractivity contribution is 0.334. The highest BCUT2D eigenvalue weighted by atomic mass is 35.5. The molecule has 1 aliphatic heterocycles. The summed E-state index contributed by atoms with van der Waals surface area (Å²) in [5.41, 5.74) is 0.944. The summed E-state index contributed by atoms with van der Waals surface area (Å²) in [6, 6.07) is 4.61. The van der Waals surface area contributed by atoms with Gasteiger partial charge in [-0.2, -0.15) is 0 Å². The summed E-state index contributed by atoms with van der Waals surface area (Å²) < 4.78 is 32.0. The number of aryl methyl sites for hydroxylation is 1. The molecule has 0 bridgehead atoms. The van der Waals surface area contributed by atoms with Crippen LogP contribution in [0, 0.1) is 5.82 Å². The molecule has 2 heterocycles.